The van der Waals surface area contributed by atoms with Gasteiger partial charge in [0.1, 0.15) is 35.5 Å². The van der Waals surface area contributed by atoms with Gasteiger partial charge in [0.2, 0.25) is 0 Å². The summed E-state index contributed by atoms with van der Waals surface area (Å²) < 4.78 is 19.6. The SMILES string of the molecule is COc1cc2ccc1CNC(=O)COc1cc(ccc1C)C(=O)N[C@H]1CN(c3cc(-n4cc(C)cn4)ncn3)CC[C@H]1O2. The third kappa shape index (κ3) is 6.22. The van der Waals surface area contributed by atoms with Crippen LogP contribution in [0.15, 0.2) is 61.2 Å². The van der Waals surface area contributed by atoms with Crippen molar-refractivity contribution >= 4 is 17.6 Å². The van der Waals surface area contributed by atoms with Gasteiger partial charge >= 0.3 is 0 Å². The molecule has 222 valence electrons. The van der Waals surface area contributed by atoms with Gasteiger partial charge in [-0.25, -0.2) is 14.6 Å². The Bertz CT molecular complexity index is 1660. The van der Waals surface area contributed by atoms with Crippen molar-refractivity contribution < 1.29 is 23.8 Å². The third-order valence-corrected chi connectivity index (χ3v) is 7.61. The molecule has 1 saturated heterocycles. The van der Waals surface area contributed by atoms with Gasteiger partial charge in [0.15, 0.2) is 12.4 Å². The first-order chi connectivity index (χ1) is 20.9. The zero-order chi connectivity index (χ0) is 29.9. The smallest absolute Gasteiger partial charge is 0.258 e. The first-order valence-electron chi connectivity index (χ1n) is 14.1. The number of hydrogen-bond donors (Lipinski definition) is 2. The lowest BCUT2D eigenvalue weighted by molar-refractivity contribution is -0.123. The number of rotatable bonds is 3. The zero-order valence-corrected chi connectivity index (χ0v) is 24.2. The molecule has 4 bridgehead atoms. The van der Waals surface area contributed by atoms with Gasteiger partial charge in [0.25, 0.3) is 11.8 Å². The first-order valence-corrected chi connectivity index (χ1v) is 14.1. The molecule has 43 heavy (non-hydrogen) atoms. The normalized spacial score (nSPS) is 18.9. The highest BCUT2D eigenvalue weighted by molar-refractivity contribution is 5.95. The molecule has 0 unspecified atom stereocenters. The van der Waals surface area contributed by atoms with E-state index in [0.29, 0.717) is 48.1 Å². The maximum absolute atomic E-state index is 13.6. The van der Waals surface area contributed by atoms with E-state index in [4.69, 9.17) is 14.2 Å². The van der Waals surface area contributed by atoms with E-state index in [1.54, 1.807) is 36.2 Å². The number of aryl methyl sites for hydroxylation is 2. The van der Waals surface area contributed by atoms with Gasteiger partial charge in [0.05, 0.1) is 19.3 Å². The fourth-order valence-electron chi connectivity index (χ4n) is 5.25. The standard InChI is InChI=1S/C31H33N7O5/c1-19-13-35-38(15-19)29-12-28(33-18-34-29)37-9-8-25-24(16-37)36-31(40)21-5-4-20(2)26(10-21)42-17-30(39)32-14-22-6-7-23(43-25)11-27(22)41-3/h4-7,10-13,15,18,24-25H,8-9,14,16-17H2,1-3H3,(H,32,39)(H,36,40)/t24-,25+/m0/s1. The van der Waals surface area contributed by atoms with Crippen LogP contribution in [0.3, 0.4) is 0 Å². The van der Waals surface area contributed by atoms with Crippen LogP contribution in [0.4, 0.5) is 5.82 Å². The number of aromatic nitrogens is 4. The van der Waals surface area contributed by atoms with Crippen LogP contribution in [-0.4, -0.2) is 70.5 Å². The van der Waals surface area contributed by atoms with E-state index in [1.807, 2.05) is 44.3 Å². The summed E-state index contributed by atoms with van der Waals surface area (Å²) in [6.45, 7) is 5.02. The Hall–Kier alpha value is -5.13. The van der Waals surface area contributed by atoms with Crippen molar-refractivity contribution in [3.05, 3.63) is 83.4 Å². The minimum atomic E-state index is -0.387. The van der Waals surface area contributed by atoms with Crippen molar-refractivity contribution in [3.63, 3.8) is 0 Å². The van der Waals surface area contributed by atoms with Crippen molar-refractivity contribution in [1.29, 1.82) is 0 Å². The Kier molecular flexibility index (Phi) is 7.82. The molecule has 12 heteroatoms. The number of nitrogens with zero attached hydrogens (tertiary/aromatic N) is 5. The van der Waals surface area contributed by atoms with Crippen molar-refractivity contribution in [2.45, 2.75) is 39.0 Å². The average Bonchev–Trinajstić information content (AvgIpc) is 3.46. The Labute approximate surface area is 249 Å². The van der Waals surface area contributed by atoms with E-state index < -0.39 is 0 Å². The molecular formula is C31H33N7O5. The molecule has 0 radical (unpaired) electrons. The number of benzene rings is 2. The molecule has 2 atom stereocenters. The number of carbonyl (C=O) groups is 2. The van der Waals surface area contributed by atoms with E-state index in [9.17, 15) is 9.59 Å². The van der Waals surface area contributed by atoms with Crippen molar-refractivity contribution in [3.8, 4) is 23.1 Å². The van der Waals surface area contributed by atoms with Crippen LogP contribution in [0.1, 0.15) is 33.5 Å². The number of carbonyl (C=O) groups excluding carboxylic acids is 2. The fourth-order valence-corrected chi connectivity index (χ4v) is 5.25. The maximum Gasteiger partial charge on any atom is 0.258 e. The van der Waals surface area contributed by atoms with Gasteiger partial charge in [-0.05, 0) is 49.2 Å². The molecule has 2 aromatic heterocycles. The molecule has 0 spiro atoms. The summed E-state index contributed by atoms with van der Waals surface area (Å²) in [5.41, 5.74) is 3.07. The predicted molar refractivity (Wildman–Crippen MR) is 158 cm³/mol. The summed E-state index contributed by atoms with van der Waals surface area (Å²) in [5.74, 6) is 2.48. The monoisotopic (exact) mass is 583 g/mol. The number of ether oxygens (including phenoxy) is 3. The average molecular weight is 584 g/mol. The number of piperidine rings is 1. The maximum atomic E-state index is 13.6. The number of hydrogen-bond acceptors (Lipinski definition) is 9. The molecule has 4 aromatic rings. The molecule has 7 rings (SSSR count). The second kappa shape index (κ2) is 12.0. The lowest BCUT2D eigenvalue weighted by Gasteiger charge is -2.39. The summed E-state index contributed by atoms with van der Waals surface area (Å²) in [5, 5.41) is 10.4. The minimum absolute atomic E-state index is 0.186. The van der Waals surface area contributed by atoms with E-state index in [-0.39, 0.29) is 37.1 Å². The minimum Gasteiger partial charge on any atom is -0.496 e. The molecule has 5 heterocycles. The van der Waals surface area contributed by atoms with Gasteiger partial charge in [-0.3, -0.25) is 9.59 Å². The van der Waals surface area contributed by atoms with Crippen LogP contribution in [-0.2, 0) is 11.3 Å². The van der Waals surface area contributed by atoms with Crippen LogP contribution in [0.5, 0.6) is 17.2 Å². The largest absolute Gasteiger partial charge is 0.496 e. The van der Waals surface area contributed by atoms with E-state index >= 15 is 0 Å². The molecule has 2 aromatic carbocycles. The Morgan fingerprint density at radius 2 is 1.91 bits per heavy atom. The van der Waals surface area contributed by atoms with Crippen LogP contribution in [0.2, 0.25) is 0 Å². The Balaban J connectivity index is 1.32. The highest BCUT2D eigenvalue weighted by Crippen LogP contribution is 2.29. The summed E-state index contributed by atoms with van der Waals surface area (Å²) >= 11 is 0. The van der Waals surface area contributed by atoms with Gasteiger partial charge in [-0.1, -0.05) is 6.07 Å². The lowest BCUT2D eigenvalue weighted by atomic mass is 10.0. The third-order valence-electron chi connectivity index (χ3n) is 7.61. The van der Waals surface area contributed by atoms with Crippen molar-refractivity contribution in [2.75, 3.05) is 31.7 Å². The fraction of sp³-hybridized carbons (Fsp3) is 0.323. The predicted octanol–water partition coefficient (Wildman–Crippen LogP) is 2.75. The zero-order valence-electron chi connectivity index (χ0n) is 24.2. The summed E-state index contributed by atoms with van der Waals surface area (Å²) in [6.07, 6.45) is 5.49. The quantitative estimate of drug-likeness (QED) is 0.374. The molecule has 2 N–H and O–H groups in total. The van der Waals surface area contributed by atoms with Gasteiger partial charge in [-0.2, -0.15) is 5.10 Å². The molecule has 1 fully saturated rings. The summed E-state index contributed by atoms with van der Waals surface area (Å²) in [7, 11) is 1.58. The number of nitrogens with one attached hydrogen (secondary N) is 2. The van der Waals surface area contributed by atoms with E-state index in [2.05, 4.69) is 30.6 Å². The topological polar surface area (TPSA) is 133 Å². The van der Waals surface area contributed by atoms with Crippen LogP contribution in [0.25, 0.3) is 5.82 Å². The van der Waals surface area contributed by atoms with E-state index in [0.717, 1.165) is 22.5 Å². The first kappa shape index (κ1) is 28.0. The van der Waals surface area contributed by atoms with Crippen LogP contribution >= 0.6 is 0 Å². The van der Waals surface area contributed by atoms with Gasteiger partial charge in [-0.15, -0.1) is 0 Å². The lowest BCUT2D eigenvalue weighted by Crippen LogP contribution is -2.57. The molecule has 2 amide bonds. The number of methoxy groups -OCH3 is 1. The molecular weight excluding hydrogens is 550 g/mol. The molecule has 0 aliphatic carbocycles. The highest BCUT2D eigenvalue weighted by Gasteiger charge is 2.33. The second-order valence-corrected chi connectivity index (χ2v) is 10.7. The molecule has 3 aliphatic rings. The van der Waals surface area contributed by atoms with Crippen LogP contribution in [0, 0.1) is 13.8 Å². The van der Waals surface area contributed by atoms with Crippen molar-refractivity contribution in [2.24, 2.45) is 0 Å². The van der Waals surface area contributed by atoms with Gasteiger partial charge < -0.3 is 29.7 Å². The highest BCUT2D eigenvalue weighted by atomic mass is 16.5. The molecule has 3 aliphatic heterocycles. The van der Waals surface area contributed by atoms with Crippen molar-refractivity contribution in [1.82, 2.24) is 30.4 Å². The molecule has 12 nitrogen and oxygen atoms in total. The number of fused-ring (bicyclic) bond motifs is 7. The Morgan fingerprint density at radius 1 is 1.05 bits per heavy atom. The second-order valence-electron chi connectivity index (χ2n) is 10.7. The van der Waals surface area contributed by atoms with Crippen LogP contribution < -0.4 is 29.7 Å². The van der Waals surface area contributed by atoms with Gasteiger partial charge in [0, 0.05) is 55.5 Å². The number of anilines is 1. The summed E-state index contributed by atoms with van der Waals surface area (Å²) in [6, 6.07) is 12.2. The summed E-state index contributed by atoms with van der Waals surface area (Å²) in [4.78, 5) is 37.1. The number of amides is 2. The molecule has 0 saturated carbocycles. The Morgan fingerprint density at radius 3 is 2.72 bits per heavy atom. The van der Waals surface area contributed by atoms with E-state index in [1.165, 1.54) is 6.33 Å².